The number of nitrogen functional groups attached to an aromatic ring is 1. The average molecular weight is 609 g/mol. The number of nitrogens with one attached hydrogen (secondary N) is 1. The average Bonchev–Trinajstić information content (AvgIpc) is 3.60. The predicted octanol–water partition coefficient (Wildman–Crippen LogP) is 4.76. The number of ether oxygens (including phenoxy) is 1. The van der Waals surface area contributed by atoms with Crippen molar-refractivity contribution in [3.8, 4) is 17.3 Å². The largest absolute Gasteiger partial charge is 0.461 e. The van der Waals surface area contributed by atoms with Crippen molar-refractivity contribution in [3.63, 3.8) is 0 Å². The van der Waals surface area contributed by atoms with E-state index in [1.165, 1.54) is 11.1 Å². The van der Waals surface area contributed by atoms with Crippen LogP contribution in [-0.2, 0) is 0 Å². The number of alkyl halides is 3. The fourth-order valence-electron chi connectivity index (χ4n) is 7.73. The summed E-state index contributed by atoms with van der Waals surface area (Å²) in [5, 5.41) is 3.29. The van der Waals surface area contributed by atoms with E-state index in [2.05, 4.69) is 30.2 Å². The summed E-state index contributed by atoms with van der Waals surface area (Å²) in [6.07, 6.45) is 4.12. The van der Waals surface area contributed by atoms with E-state index in [1.807, 2.05) is 6.92 Å². The molecule has 0 saturated carbocycles. The summed E-state index contributed by atoms with van der Waals surface area (Å²) >= 11 is 0. The Morgan fingerprint density at radius 1 is 1.09 bits per heavy atom. The molecule has 0 amide bonds. The number of halogens is 4. The van der Waals surface area contributed by atoms with Crippen LogP contribution in [0.15, 0.2) is 30.6 Å². The number of nitrogens with zero attached hydrogens (tertiary/aromatic N) is 6. The Bertz CT molecular complexity index is 1810. The standard InChI is InChI=1S/C31H32F4N8O/c1-17-10-20(19-4-2-8-37-26(19)23(17)36)24-22(33)25-21(12-38-24)27(42-14-30(34)6-7-31(35,15-42)41-30)40-28(39-25)44-16-29-5-3-9-43(29)13-18(32)11-29/h2,4,8,10,12,18,41H,3,5-7,9,11,13-16,36H2,1H3/t18-,29+,30?,31?/m1/s1. The maximum atomic E-state index is 16.7. The molecule has 7 heterocycles. The lowest BCUT2D eigenvalue weighted by Gasteiger charge is -2.40. The monoisotopic (exact) mass is 608 g/mol. The Labute approximate surface area is 250 Å². The number of hydrogen-bond donors (Lipinski definition) is 2. The third-order valence-corrected chi connectivity index (χ3v) is 9.82. The first-order valence-electron chi connectivity index (χ1n) is 15.0. The first-order chi connectivity index (χ1) is 21.1. The number of rotatable bonds is 5. The Balaban J connectivity index is 1.27. The number of piperazine rings is 1. The van der Waals surface area contributed by atoms with Gasteiger partial charge in [0.2, 0.25) is 0 Å². The summed E-state index contributed by atoms with van der Waals surface area (Å²) in [5.74, 6) is -4.54. The van der Waals surface area contributed by atoms with Gasteiger partial charge >= 0.3 is 6.01 Å². The zero-order valence-corrected chi connectivity index (χ0v) is 24.2. The molecule has 9 nitrogen and oxygen atoms in total. The fraction of sp³-hybridized carbons (Fsp3) is 0.484. The molecule has 4 saturated heterocycles. The van der Waals surface area contributed by atoms with Crippen molar-refractivity contribution in [1.29, 1.82) is 0 Å². The normalized spacial score (nSPS) is 30.0. The first kappa shape index (κ1) is 27.7. The molecule has 4 aromatic rings. The molecule has 1 aromatic carbocycles. The van der Waals surface area contributed by atoms with Gasteiger partial charge in [-0.05, 0) is 44.0 Å². The number of fused-ring (bicyclic) bond motifs is 5. The summed E-state index contributed by atoms with van der Waals surface area (Å²) in [7, 11) is 0. The van der Waals surface area contributed by atoms with Gasteiger partial charge in [-0.15, -0.1) is 0 Å². The molecule has 4 aliphatic rings. The van der Waals surface area contributed by atoms with E-state index in [-0.39, 0.29) is 61.0 Å². The number of anilines is 2. The van der Waals surface area contributed by atoms with Crippen LogP contribution < -0.4 is 20.7 Å². The molecular weight excluding hydrogens is 576 g/mol. The molecule has 8 rings (SSSR count). The SMILES string of the molecule is Cc1cc(-c2ncc3c(N4CC5(F)CCC(F)(C4)N5)nc(OC[C@@]45CCCN4C[C@H](F)C5)nc3c2F)c2cccnc2c1N. The van der Waals surface area contributed by atoms with Gasteiger partial charge in [0, 0.05) is 49.2 Å². The van der Waals surface area contributed by atoms with E-state index in [0.717, 1.165) is 19.4 Å². The van der Waals surface area contributed by atoms with Crippen LogP contribution in [0.2, 0.25) is 0 Å². The highest BCUT2D eigenvalue weighted by atomic mass is 19.2. The van der Waals surface area contributed by atoms with Crippen molar-refractivity contribution >= 4 is 33.3 Å². The van der Waals surface area contributed by atoms with E-state index in [1.54, 1.807) is 24.4 Å². The Morgan fingerprint density at radius 2 is 1.89 bits per heavy atom. The molecule has 13 heteroatoms. The van der Waals surface area contributed by atoms with Crippen molar-refractivity contribution in [1.82, 2.24) is 30.2 Å². The molecule has 4 atom stereocenters. The summed E-state index contributed by atoms with van der Waals surface area (Å²) in [6, 6.07) is 5.15. The van der Waals surface area contributed by atoms with Gasteiger partial charge in [-0.3, -0.25) is 14.9 Å². The minimum absolute atomic E-state index is 0.00346. The van der Waals surface area contributed by atoms with E-state index < -0.39 is 29.1 Å². The van der Waals surface area contributed by atoms with Crippen molar-refractivity contribution < 1.29 is 22.3 Å². The van der Waals surface area contributed by atoms with Crippen LogP contribution >= 0.6 is 0 Å². The molecule has 230 valence electrons. The number of aromatic nitrogens is 4. The van der Waals surface area contributed by atoms with Crippen LogP contribution in [0.5, 0.6) is 6.01 Å². The Kier molecular flexibility index (Phi) is 6.03. The van der Waals surface area contributed by atoms with E-state index in [9.17, 15) is 4.39 Å². The second-order valence-electron chi connectivity index (χ2n) is 12.8. The predicted molar refractivity (Wildman–Crippen MR) is 158 cm³/mol. The van der Waals surface area contributed by atoms with Gasteiger partial charge in [0.25, 0.3) is 0 Å². The van der Waals surface area contributed by atoms with Crippen LogP contribution in [0.4, 0.5) is 29.1 Å². The van der Waals surface area contributed by atoms with Crippen molar-refractivity contribution in [3.05, 3.63) is 42.0 Å². The minimum atomic E-state index is -1.96. The highest BCUT2D eigenvalue weighted by molar-refractivity contribution is 6.02. The highest BCUT2D eigenvalue weighted by Gasteiger charge is 2.55. The summed E-state index contributed by atoms with van der Waals surface area (Å²) in [5.41, 5.74) is 7.92. The second-order valence-corrected chi connectivity index (χ2v) is 12.8. The summed E-state index contributed by atoms with van der Waals surface area (Å²) < 4.78 is 68.3. The Hall–Kier alpha value is -3.84. The van der Waals surface area contributed by atoms with Gasteiger partial charge in [-0.2, -0.15) is 9.97 Å². The van der Waals surface area contributed by atoms with E-state index >= 15 is 13.2 Å². The third-order valence-electron chi connectivity index (χ3n) is 9.82. The third kappa shape index (κ3) is 4.26. The van der Waals surface area contributed by atoms with Gasteiger partial charge in [0.05, 0.1) is 35.2 Å². The number of nitrogens with two attached hydrogens (primary N) is 1. The molecule has 4 aliphatic heterocycles. The van der Waals surface area contributed by atoms with Gasteiger partial charge in [0.15, 0.2) is 17.4 Å². The van der Waals surface area contributed by atoms with Crippen LogP contribution in [0.3, 0.4) is 0 Å². The van der Waals surface area contributed by atoms with Crippen molar-refractivity contribution in [2.75, 3.05) is 43.4 Å². The number of hydrogen-bond acceptors (Lipinski definition) is 9. The summed E-state index contributed by atoms with van der Waals surface area (Å²) in [4.78, 5) is 21.5. The lowest BCUT2D eigenvalue weighted by Crippen LogP contribution is -2.62. The fourth-order valence-corrected chi connectivity index (χ4v) is 7.73. The van der Waals surface area contributed by atoms with Crippen LogP contribution in [-0.4, -0.2) is 80.9 Å². The van der Waals surface area contributed by atoms with E-state index in [4.69, 9.17) is 10.5 Å². The molecule has 3 N–H and O–H groups in total. The number of pyridine rings is 2. The molecule has 4 fully saturated rings. The molecule has 44 heavy (non-hydrogen) atoms. The molecule has 2 bridgehead atoms. The minimum Gasteiger partial charge on any atom is -0.461 e. The lowest BCUT2D eigenvalue weighted by atomic mass is 9.95. The molecule has 2 unspecified atom stereocenters. The van der Waals surface area contributed by atoms with Crippen LogP contribution in [0.1, 0.15) is 37.7 Å². The second kappa shape index (κ2) is 9.58. The van der Waals surface area contributed by atoms with Crippen LogP contribution in [0, 0.1) is 12.7 Å². The zero-order valence-electron chi connectivity index (χ0n) is 24.2. The number of benzene rings is 1. The molecular formula is C31H32F4N8O. The molecule has 0 aliphatic carbocycles. The van der Waals surface area contributed by atoms with Gasteiger partial charge < -0.3 is 15.4 Å². The highest BCUT2D eigenvalue weighted by Crippen LogP contribution is 2.44. The van der Waals surface area contributed by atoms with Gasteiger partial charge in [-0.25, -0.2) is 22.9 Å². The quantitative estimate of drug-likeness (QED) is 0.189. The van der Waals surface area contributed by atoms with E-state index in [0.29, 0.717) is 40.7 Å². The van der Waals surface area contributed by atoms with Crippen molar-refractivity contribution in [2.45, 2.75) is 62.3 Å². The lowest BCUT2D eigenvalue weighted by molar-refractivity contribution is 0.0435. The molecule has 0 radical (unpaired) electrons. The first-order valence-corrected chi connectivity index (χ1v) is 15.0. The van der Waals surface area contributed by atoms with Gasteiger partial charge in [0.1, 0.15) is 29.8 Å². The molecule has 3 aromatic heterocycles. The summed E-state index contributed by atoms with van der Waals surface area (Å²) in [6.45, 7) is 2.67. The maximum Gasteiger partial charge on any atom is 0.319 e. The van der Waals surface area contributed by atoms with Crippen LogP contribution in [0.25, 0.3) is 33.1 Å². The Morgan fingerprint density at radius 3 is 2.68 bits per heavy atom. The topological polar surface area (TPSA) is 105 Å². The van der Waals surface area contributed by atoms with Gasteiger partial charge in [-0.1, -0.05) is 6.07 Å². The maximum absolute atomic E-state index is 16.7. The molecule has 0 spiro atoms. The smallest absolute Gasteiger partial charge is 0.319 e. The van der Waals surface area contributed by atoms with Crippen molar-refractivity contribution in [2.24, 2.45) is 0 Å². The zero-order chi connectivity index (χ0) is 30.4. The number of aryl methyl sites for hydroxylation is 1.